The van der Waals surface area contributed by atoms with E-state index >= 15 is 0 Å². The Bertz CT molecular complexity index is 845. The summed E-state index contributed by atoms with van der Waals surface area (Å²) in [5.74, 6) is -0.409. The topological polar surface area (TPSA) is 48.4 Å². The number of ether oxygens (including phenoxy) is 2. The Labute approximate surface area is 127 Å². The van der Waals surface area contributed by atoms with Crippen molar-refractivity contribution >= 4 is 16.9 Å². The van der Waals surface area contributed by atoms with Gasteiger partial charge in [0.15, 0.2) is 0 Å². The van der Waals surface area contributed by atoms with E-state index in [0.717, 1.165) is 16.5 Å². The van der Waals surface area contributed by atoms with Crippen molar-refractivity contribution in [3.8, 4) is 0 Å². The van der Waals surface area contributed by atoms with Crippen LogP contribution in [0.1, 0.15) is 27.9 Å². The Morgan fingerprint density at radius 1 is 1.09 bits per heavy atom. The van der Waals surface area contributed by atoms with Crippen molar-refractivity contribution in [2.24, 2.45) is 0 Å². The first-order valence-corrected chi connectivity index (χ1v) is 7.07. The number of fused-ring (bicyclic) bond motifs is 2. The van der Waals surface area contributed by atoms with Crippen LogP contribution >= 0.6 is 0 Å². The molecule has 1 unspecified atom stereocenters. The SMILES string of the molecule is O=C(OC1OCc2cc3ccccc3nc21)c1ccccc1. The summed E-state index contributed by atoms with van der Waals surface area (Å²) in [6.45, 7) is 0.403. The zero-order chi connectivity index (χ0) is 14.9. The van der Waals surface area contributed by atoms with Gasteiger partial charge in [-0.05, 0) is 24.3 Å². The van der Waals surface area contributed by atoms with E-state index in [-0.39, 0.29) is 0 Å². The van der Waals surface area contributed by atoms with E-state index < -0.39 is 12.3 Å². The molecule has 3 aromatic rings. The Kier molecular flexibility index (Phi) is 3.09. The van der Waals surface area contributed by atoms with Gasteiger partial charge in [-0.3, -0.25) is 0 Å². The van der Waals surface area contributed by atoms with Gasteiger partial charge in [0.1, 0.15) is 5.69 Å². The van der Waals surface area contributed by atoms with Gasteiger partial charge in [0.25, 0.3) is 0 Å². The summed E-state index contributed by atoms with van der Waals surface area (Å²) in [5.41, 5.74) is 3.01. The Hall–Kier alpha value is -2.72. The van der Waals surface area contributed by atoms with Crippen LogP contribution in [-0.2, 0) is 16.1 Å². The highest BCUT2D eigenvalue weighted by Gasteiger charge is 2.29. The maximum absolute atomic E-state index is 12.1. The summed E-state index contributed by atoms with van der Waals surface area (Å²) in [4.78, 5) is 16.7. The third kappa shape index (κ3) is 2.23. The van der Waals surface area contributed by atoms with E-state index in [1.807, 2.05) is 36.4 Å². The van der Waals surface area contributed by atoms with Gasteiger partial charge in [0.2, 0.25) is 6.29 Å². The average Bonchev–Trinajstić information content (AvgIpc) is 2.95. The minimum absolute atomic E-state index is 0.403. The minimum Gasteiger partial charge on any atom is -0.426 e. The van der Waals surface area contributed by atoms with Crippen molar-refractivity contribution in [1.29, 1.82) is 0 Å². The van der Waals surface area contributed by atoms with E-state index in [0.29, 0.717) is 17.9 Å². The monoisotopic (exact) mass is 291 g/mol. The van der Waals surface area contributed by atoms with Gasteiger partial charge in [0, 0.05) is 10.9 Å². The molecule has 4 heteroatoms. The molecule has 1 aliphatic rings. The first-order valence-electron chi connectivity index (χ1n) is 7.07. The van der Waals surface area contributed by atoms with Crippen LogP contribution in [0.2, 0.25) is 0 Å². The fourth-order valence-corrected chi connectivity index (χ4v) is 2.57. The van der Waals surface area contributed by atoms with Crippen molar-refractivity contribution in [1.82, 2.24) is 4.98 Å². The molecule has 4 nitrogen and oxygen atoms in total. The zero-order valence-corrected chi connectivity index (χ0v) is 11.7. The van der Waals surface area contributed by atoms with Gasteiger partial charge in [-0.15, -0.1) is 0 Å². The summed E-state index contributed by atoms with van der Waals surface area (Å²) in [6, 6.07) is 18.8. The second-order valence-electron chi connectivity index (χ2n) is 5.14. The molecule has 22 heavy (non-hydrogen) atoms. The lowest BCUT2D eigenvalue weighted by Gasteiger charge is -2.12. The molecule has 0 fully saturated rings. The van der Waals surface area contributed by atoms with Gasteiger partial charge in [-0.2, -0.15) is 0 Å². The van der Waals surface area contributed by atoms with Crippen LogP contribution in [0.4, 0.5) is 0 Å². The molecule has 0 N–H and O–H groups in total. The quantitative estimate of drug-likeness (QED) is 0.677. The highest BCUT2D eigenvalue weighted by molar-refractivity contribution is 5.89. The molecule has 0 saturated carbocycles. The second kappa shape index (κ2) is 5.24. The lowest BCUT2D eigenvalue weighted by molar-refractivity contribution is -0.106. The fourth-order valence-electron chi connectivity index (χ4n) is 2.57. The van der Waals surface area contributed by atoms with Crippen molar-refractivity contribution in [2.75, 3.05) is 0 Å². The predicted octanol–water partition coefficient (Wildman–Crippen LogP) is 3.62. The molecule has 2 aromatic carbocycles. The molecule has 0 radical (unpaired) electrons. The predicted molar refractivity (Wildman–Crippen MR) is 81.1 cm³/mol. The van der Waals surface area contributed by atoms with Gasteiger partial charge in [-0.25, -0.2) is 9.78 Å². The van der Waals surface area contributed by atoms with E-state index in [1.54, 1.807) is 24.3 Å². The number of esters is 1. The van der Waals surface area contributed by atoms with E-state index in [1.165, 1.54) is 0 Å². The largest absolute Gasteiger partial charge is 0.426 e. The van der Waals surface area contributed by atoms with Crippen molar-refractivity contribution in [3.63, 3.8) is 0 Å². The van der Waals surface area contributed by atoms with E-state index in [2.05, 4.69) is 4.98 Å². The van der Waals surface area contributed by atoms with Gasteiger partial charge >= 0.3 is 5.97 Å². The standard InChI is InChI=1S/C18H13NO3/c20-17(12-6-2-1-3-7-12)22-18-16-14(11-21-18)10-13-8-4-5-9-15(13)19-16/h1-10,18H,11H2. The molecule has 4 rings (SSSR count). The lowest BCUT2D eigenvalue weighted by Crippen LogP contribution is -2.11. The molecule has 0 saturated heterocycles. The summed E-state index contributed by atoms with van der Waals surface area (Å²) < 4.78 is 11.0. The van der Waals surface area contributed by atoms with Crippen molar-refractivity contribution < 1.29 is 14.3 Å². The van der Waals surface area contributed by atoms with Crippen LogP contribution < -0.4 is 0 Å². The van der Waals surface area contributed by atoms with Gasteiger partial charge < -0.3 is 9.47 Å². The maximum atomic E-state index is 12.1. The zero-order valence-electron chi connectivity index (χ0n) is 11.7. The van der Waals surface area contributed by atoms with Gasteiger partial charge in [-0.1, -0.05) is 36.4 Å². The number of benzene rings is 2. The number of para-hydroxylation sites is 1. The molecule has 1 atom stereocenters. The summed E-state index contributed by atoms with van der Waals surface area (Å²) in [6.07, 6.45) is -0.743. The highest BCUT2D eigenvalue weighted by atomic mass is 16.7. The molecule has 1 aromatic heterocycles. The first-order chi connectivity index (χ1) is 10.8. The van der Waals surface area contributed by atoms with Crippen molar-refractivity contribution in [3.05, 3.63) is 77.5 Å². The maximum Gasteiger partial charge on any atom is 0.340 e. The van der Waals surface area contributed by atoms with Crippen LogP contribution in [0, 0.1) is 0 Å². The third-order valence-corrected chi connectivity index (χ3v) is 3.67. The lowest BCUT2D eigenvalue weighted by atomic mass is 10.1. The molecule has 108 valence electrons. The molecule has 0 aliphatic carbocycles. The number of hydrogen-bond donors (Lipinski definition) is 0. The number of rotatable bonds is 2. The molecular formula is C18H13NO3. The number of carbonyl (C=O) groups excluding carboxylic acids is 1. The summed E-state index contributed by atoms with van der Waals surface area (Å²) in [5, 5.41) is 1.06. The second-order valence-corrected chi connectivity index (χ2v) is 5.14. The molecule has 0 spiro atoms. The summed E-state index contributed by atoms with van der Waals surface area (Å²) >= 11 is 0. The fraction of sp³-hybridized carbons (Fsp3) is 0.111. The van der Waals surface area contributed by atoms with Crippen LogP contribution in [0.25, 0.3) is 10.9 Å². The molecular weight excluding hydrogens is 278 g/mol. The van der Waals surface area contributed by atoms with Crippen LogP contribution in [-0.4, -0.2) is 11.0 Å². The summed E-state index contributed by atoms with van der Waals surface area (Å²) in [7, 11) is 0. The number of pyridine rings is 1. The van der Waals surface area contributed by atoms with Crippen LogP contribution in [0.3, 0.4) is 0 Å². The smallest absolute Gasteiger partial charge is 0.340 e. The first kappa shape index (κ1) is 13.0. The van der Waals surface area contributed by atoms with Crippen molar-refractivity contribution in [2.45, 2.75) is 12.9 Å². The van der Waals surface area contributed by atoms with Crippen LogP contribution in [0.15, 0.2) is 60.7 Å². The number of hydrogen-bond acceptors (Lipinski definition) is 4. The van der Waals surface area contributed by atoms with E-state index in [4.69, 9.17) is 9.47 Å². The van der Waals surface area contributed by atoms with Crippen LogP contribution in [0.5, 0.6) is 0 Å². The Morgan fingerprint density at radius 3 is 2.73 bits per heavy atom. The minimum atomic E-state index is -0.743. The molecule has 2 heterocycles. The molecule has 1 aliphatic heterocycles. The molecule has 0 bridgehead atoms. The Balaban J connectivity index is 1.64. The average molecular weight is 291 g/mol. The third-order valence-electron chi connectivity index (χ3n) is 3.67. The Morgan fingerprint density at radius 2 is 1.86 bits per heavy atom. The molecule has 0 amide bonds. The highest BCUT2D eigenvalue weighted by Crippen LogP contribution is 2.32. The normalized spacial score (nSPS) is 16.5. The number of carbonyl (C=O) groups is 1. The van der Waals surface area contributed by atoms with E-state index in [9.17, 15) is 4.79 Å². The number of aromatic nitrogens is 1. The van der Waals surface area contributed by atoms with Gasteiger partial charge in [0.05, 0.1) is 17.7 Å². The number of nitrogens with zero attached hydrogens (tertiary/aromatic N) is 1.